The minimum atomic E-state index is -0.0605. The monoisotopic (exact) mass is 429 g/mol. The van der Waals surface area contributed by atoms with Gasteiger partial charge in [-0.05, 0) is 38.5 Å². The first-order chi connectivity index (χ1) is 15.5. The SMILES string of the molecule is Cc1ccc(-c2nnc(CCC(=O)NCc3c(C)nn(Cc4ccccc4)c3C)o2)cc1. The van der Waals surface area contributed by atoms with Crippen LogP contribution in [-0.2, 0) is 24.3 Å². The third kappa shape index (κ3) is 5.11. The third-order valence-corrected chi connectivity index (χ3v) is 5.50. The third-order valence-electron chi connectivity index (χ3n) is 5.50. The van der Waals surface area contributed by atoms with Crippen LogP contribution in [0.5, 0.6) is 0 Å². The zero-order valence-corrected chi connectivity index (χ0v) is 18.6. The highest BCUT2D eigenvalue weighted by Gasteiger charge is 2.14. The molecule has 0 saturated heterocycles. The lowest BCUT2D eigenvalue weighted by Crippen LogP contribution is -2.23. The summed E-state index contributed by atoms with van der Waals surface area (Å²) in [6.07, 6.45) is 0.682. The maximum absolute atomic E-state index is 12.4. The molecule has 0 aliphatic heterocycles. The first-order valence-corrected chi connectivity index (χ1v) is 10.7. The summed E-state index contributed by atoms with van der Waals surface area (Å²) in [5, 5.41) is 15.8. The molecule has 0 fully saturated rings. The lowest BCUT2D eigenvalue weighted by molar-refractivity contribution is -0.121. The average Bonchev–Trinajstić information content (AvgIpc) is 3.37. The quantitative estimate of drug-likeness (QED) is 0.455. The van der Waals surface area contributed by atoms with E-state index in [1.165, 1.54) is 11.1 Å². The molecule has 164 valence electrons. The minimum absolute atomic E-state index is 0.0605. The molecule has 4 rings (SSSR count). The lowest BCUT2D eigenvalue weighted by atomic mass is 10.1. The van der Waals surface area contributed by atoms with Crippen molar-refractivity contribution < 1.29 is 9.21 Å². The molecule has 4 aromatic rings. The molecule has 1 amide bonds. The predicted octanol–water partition coefficient (Wildman–Crippen LogP) is 4.16. The van der Waals surface area contributed by atoms with Gasteiger partial charge in [0.25, 0.3) is 0 Å². The van der Waals surface area contributed by atoms with Crippen LogP contribution in [0.25, 0.3) is 11.5 Å². The van der Waals surface area contributed by atoms with Crippen LogP contribution in [0.15, 0.2) is 59.0 Å². The minimum Gasteiger partial charge on any atom is -0.421 e. The van der Waals surface area contributed by atoms with Crippen molar-refractivity contribution in [1.82, 2.24) is 25.3 Å². The molecule has 7 heteroatoms. The van der Waals surface area contributed by atoms with E-state index in [2.05, 4.69) is 32.7 Å². The van der Waals surface area contributed by atoms with Crippen LogP contribution in [-0.4, -0.2) is 25.9 Å². The number of aromatic nitrogens is 4. The van der Waals surface area contributed by atoms with Gasteiger partial charge >= 0.3 is 0 Å². The van der Waals surface area contributed by atoms with Crippen LogP contribution in [0, 0.1) is 20.8 Å². The van der Waals surface area contributed by atoms with Gasteiger partial charge in [0.15, 0.2) is 0 Å². The molecule has 0 radical (unpaired) electrons. The Balaban J connectivity index is 1.30. The Bertz CT molecular complexity index is 1190. The number of amides is 1. The molecule has 2 heterocycles. The van der Waals surface area contributed by atoms with Crippen molar-refractivity contribution in [3.63, 3.8) is 0 Å². The standard InChI is InChI=1S/C25H27N5O2/c1-17-9-11-21(12-10-17)25-28-27-24(32-25)14-13-23(31)26-15-22-18(2)29-30(19(22)3)16-20-7-5-4-6-8-20/h4-12H,13-16H2,1-3H3,(H,26,31). The highest BCUT2D eigenvalue weighted by atomic mass is 16.4. The molecule has 0 aliphatic carbocycles. The Morgan fingerprint density at radius 1 is 1.00 bits per heavy atom. The number of carbonyl (C=O) groups excluding carboxylic acids is 1. The van der Waals surface area contributed by atoms with E-state index in [0.29, 0.717) is 31.3 Å². The van der Waals surface area contributed by atoms with E-state index in [4.69, 9.17) is 4.42 Å². The molecular weight excluding hydrogens is 402 g/mol. The highest BCUT2D eigenvalue weighted by molar-refractivity contribution is 5.76. The van der Waals surface area contributed by atoms with Crippen molar-refractivity contribution in [3.05, 3.63) is 88.6 Å². The van der Waals surface area contributed by atoms with E-state index >= 15 is 0 Å². The summed E-state index contributed by atoms with van der Waals surface area (Å²) in [6.45, 7) is 7.20. The van der Waals surface area contributed by atoms with Crippen LogP contribution in [0.3, 0.4) is 0 Å². The molecule has 7 nitrogen and oxygen atoms in total. The van der Waals surface area contributed by atoms with Crippen LogP contribution >= 0.6 is 0 Å². The van der Waals surface area contributed by atoms with Crippen LogP contribution in [0.2, 0.25) is 0 Å². The summed E-state index contributed by atoms with van der Waals surface area (Å²) in [4.78, 5) is 12.4. The van der Waals surface area contributed by atoms with E-state index in [1.807, 2.05) is 67.9 Å². The van der Waals surface area contributed by atoms with Gasteiger partial charge in [-0.2, -0.15) is 5.10 Å². The maximum atomic E-state index is 12.4. The highest BCUT2D eigenvalue weighted by Crippen LogP contribution is 2.19. The number of hydrogen-bond donors (Lipinski definition) is 1. The Morgan fingerprint density at radius 3 is 2.50 bits per heavy atom. The molecule has 32 heavy (non-hydrogen) atoms. The average molecular weight is 430 g/mol. The van der Waals surface area contributed by atoms with Crippen molar-refractivity contribution in [2.45, 2.75) is 46.7 Å². The van der Waals surface area contributed by atoms with E-state index in [0.717, 1.165) is 22.5 Å². The van der Waals surface area contributed by atoms with E-state index in [-0.39, 0.29) is 12.3 Å². The Hall–Kier alpha value is -3.74. The maximum Gasteiger partial charge on any atom is 0.247 e. The Labute approximate surface area is 187 Å². The van der Waals surface area contributed by atoms with Gasteiger partial charge in [0.2, 0.25) is 17.7 Å². The molecule has 1 N–H and O–H groups in total. The summed E-state index contributed by atoms with van der Waals surface area (Å²) in [5.74, 6) is 0.867. The number of hydrogen-bond acceptors (Lipinski definition) is 5. The molecule has 0 bridgehead atoms. The number of aryl methyl sites for hydroxylation is 3. The van der Waals surface area contributed by atoms with Crippen LogP contribution in [0.4, 0.5) is 0 Å². The van der Waals surface area contributed by atoms with Crippen molar-refractivity contribution >= 4 is 5.91 Å². The summed E-state index contributed by atoms with van der Waals surface area (Å²) in [5.41, 5.74) is 6.27. The van der Waals surface area contributed by atoms with Gasteiger partial charge < -0.3 is 9.73 Å². The van der Waals surface area contributed by atoms with Gasteiger partial charge in [-0.1, -0.05) is 48.0 Å². The van der Waals surface area contributed by atoms with Gasteiger partial charge in [-0.15, -0.1) is 10.2 Å². The van der Waals surface area contributed by atoms with Gasteiger partial charge in [0.1, 0.15) is 0 Å². The van der Waals surface area contributed by atoms with Gasteiger partial charge in [0.05, 0.1) is 12.2 Å². The molecule has 0 spiro atoms. The van der Waals surface area contributed by atoms with Crippen molar-refractivity contribution in [2.75, 3.05) is 0 Å². The second kappa shape index (κ2) is 9.60. The Morgan fingerprint density at radius 2 is 1.75 bits per heavy atom. The molecule has 0 saturated carbocycles. The number of nitrogens with one attached hydrogen (secondary N) is 1. The number of rotatable bonds is 8. The molecule has 0 unspecified atom stereocenters. The molecule has 0 aliphatic rings. The zero-order valence-electron chi connectivity index (χ0n) is 18.6. The second-order valence-corrected chi connectivity index (χ2v) is 7.94. The lowest BCUT2D eigenvalue weighted by Gasteiger charge is -2.07. The summed E-state index contributed by atoms with van der Waals surface area (Å²) in [6, 6.07) is 18.1. The summed E-state index contributed by atoms with van der Waals surface area (Å²) >= 11 is 0. The fourth-order valence-corrected chi connectivity index (χ4v) is 3.56. The van der Waals surface area contributed by atoms with Crippen molar-refractivity contribution in [3.8, 4) is 11.5 Å². The van der Waals surface area contributed by atoms with Gasteiger partial charge in [-0.3, -0.25) is 9.48 Å². The van der Waals surface area contributed by atoms with Gasteiger partial charge in [0, 0.05) is 36.2 Å². The predicted molar refractivity (Wildman–Crippen MR) is 122 cm³/mol. The first kappa shape index (κ1) is 21.5. The van der Waals surface area contributed by atoms with E-state index in [9.17, 15) is 4.79 Å². The fourth-order valence-electron chi connectivity index (χ4n) is 3.56. The van der Waals surface area contributed by atoms with Crippen LogP contribution in [0.1, 0.15) is 40.4 Å². The normalized spacial score (nSPS) is 11.0. The number of nitrogens with zero attached hydrogens (tertiary/aromatic N) is 4. The molecule has 2 aromatic heterocycles. The molecule has 0 atom stereocenters. The zero-order chi connectivity index (χ0) is 22.5. The van der Waals surface area contributed by atoms with Crippen molar-refractivity contribution in [2.24, 2.45) is 0 Å². The number of carbonyl (C=O) groups is 1. The molecule has 2 aromatic carbocycles. The van der Waals surface area contributed by atoms with E-state index < -0.39 is 0 Å². The van der Waals surface area contributed by atoms with Gasteiger partial charge in [-0.25, -0.2) is 0 Å². The fraction of sp³-hybridized carbons (Fsp3) is 0.280. The number of benzene rings is 2. The second-order valence-electron chi connectivity index (χ2n) is 7.94. The smallest absolute Gasteiger partial charge is 0.247 e. The largest absolute Gasteiger partial charge is 0.421 e. The Kier molecular flexibility index (Phi) is 6.44. The van der Waals surface area contributed by atoms with E-state index in [1.54, 1.807) is 0 Å². The summed E-state index contributed by atoms with van der Waals surface area (Å²) < 4.78 is 7.69. The summed E-state index contributed by atoms with van der Waals surface area (Å²) in [7, 11) is 0. The first-order valence-electron chi connectivity index (χ1n) is 10.7. The van der Waals surface area contributed by atoms with Crippen LogP contribution < -0.4 is 5.32 Å². The topological polar surface area (TPSA) is 85.8 Å². The van der Waals surface area contributed by atoms with Crippen molar-refractivity contribution in [1.29, 1.82) is 0 Å². The molecular formula is C25H27N5O2.